The quantitative estimate of drug-likeness (QED) is 0.788. The normalized spacial score (nSPS) is 12.1. The lowest BCUT2D eigenvalue weighted by molar-refractivity contribution is -0.118. The first-order valence-electron chi connectivity index (χ1n) is 6.28. The van der Waals surface area contributed by atoms with E-state index in [1.54, 1.807) is 19.1 Å². The molecule has 0 aliphatic rings. The number of nitrogens with one attached hydrogen (secondary N) is 1. The van der Waals surface area contributed by atoms with E-state index < -0.39 is 11.8 Å². The molecule has 0 saturated carbocycles. The molecule has 0 radical (unpaired) electrons. The van der Waals surface area contributed by atoms with Gasteiger partial charge in [0, 0.05) is 12.5 Å². The van der Waals surface area contributed by atoms with Gasteiger partial charge in [0.05, 0.1) is 5.56 Å². The third-order valence-electron chi connectivity index (χ3n) is 2.99. The molecule has 0 spiro atoms. The first kappa shape index (κ1) is 13.9. The van der Waals surface area contributed by atoms with Gasteiger partial charge in [0.25, 0.3) is 5.91 Å². The summed E-state index contributed by atoms with van der Waals surface area (Å²) >= 11 is 0. The highest BCUT2D eigenvalue weighted by molar-refractivity contribution is 6.01. The molecule has 2 aromatic carbocycles. The monoisotopic (exact) mass is 272 g/mol. The van der Waals surface area contributed by atoms with Crippen LogP contribution in [0.4, 0.5) is 0 Å². The highest BCUT2D eigenvalue weighted by atomic mass is 16.3. The molecular formula is C15H16N2O3. The second kappa shape index (κ2) is 5.61. The number of primary amides is 1. The Labute approximate surface area is 116 Å². The SMILES string of the molecule is CC(CC(N)=O)NC(=O)c1cc2ccccc2cc1O. The number of fused-ring (bicyclic) bond motifs is 1. The molecule has 2 amide bonds. The number of nitrogens with two attached hydrogens (primary N) is 1. The maximum atomic E-state index is 12.1. The molecule has 0 fully saturated rings. The minimum absolute atomic E-state index is 0.0556. The molecule has 1 unspecified atom stereocenters. The Balaban J connectivity index is 2.25. The molecule has 2 rings (SSSR count). The summed E-state index contributed by atoms with van der Waals surface area (Å²) in [5.74, 6) is -1.00. The van der Waals surface area contributed by atoms with E-state index in [-0.39, 0.29) is 23.8 Å². The first-order valence-corrected chi connectivity index (χ1v) is 6.28. The van der Waals surface area contributed by atoms with Crippen molar-refractivity contribution in [3.63, 3.8) is 0 Å². The Bertz CT molecular complexity index is 667. The zero-order valence-corrected chi connectivity index (χ0v) is 11.1. The highest BCUT2D eigenvalue weighted by Gasteiger charge is 2.15. The number of aromatic hydroxyl groups is 1. The lowest BCUT2D eigenvalue weighted by Crippen LogP contribution is -2.35. The van der Waals surface area contributed by atoms with Gasteiger partial charge in [0.2, 0.25) is 5.91 Å². The van der Waals surface area contributed by atoms with E-state index >= 15 is 0 Å². The Hall–Kier alpha value is -2.56. The first-order chi connectivity index (χ1) is 9.47. The van der Waals surface area contributed by atoms with Crippen molar-refractivity contribution in [2.24, 2.45) is 5.73 Å². The molecule has 0 aliphatic carbocycles. The van der Waals surface area contributed by atoms with Crippen LogP contribution in [0.1, 0.15) is 23.7 Å². The van der Waals surface area contributed by atoms with E-state index in [0.717, 1.165) is 10.8 Å². The lowest BCUT2D eigenvalue weighted by atomic mass is 10.0. The van der Waals surface area contributed by atoms with E-state index in [9.17, 15) is 14.7 Å². The number of amides is 2. The van der Waals surface area contributed by atoms with Crippen LogP contribution in [0.25, 0.3) is 10.8 Å². The van der Waals surface area contributed by atoms with Gasteiger partial charge in [-0.3, -0.25) is 9.59 Å². The zero-order valence-electron chi connectivity index (χ0n) is 11.1. The summed E-state index contributed by atoms with van der Waals surface area (Å²) in [7, 11) is 0. The fourth-order valence-electron chi connectivity index (χ4n) is 2.06. The summed E-state index contributed by atoms with van der Waals surface area (Å²) < 4.78 is 0. The van der Waals surface area contributed by atoms with E-state index in [4.69, 9.17) is 5.73 Å². The van der Waals surface area contributed by atoms with Gasteiger partial charge < -0.3 is 16.2 Å². The van der Waals surface area contributed by atoms with Crippen LogP contribution in [0.2, 0.25) is 0 Å². The van der Waals surface area contributed by atoms with Crippen molar-refractivity contribution in [3.05, 3.63) is 42.0 Å². The number of phenolic OH excluding ortho intramolecular Hbond substituents is 1. The molecule has 0 saturated heterocycles. The van der Waals surface area contributed by atoms with Crippen molar-refractivity contribution in [3.8, 4) is 5.75 Å². The van der Waals surface area contributed by atoms with E-state index in [0.29, 0.717) is 0 Å². The molecular weight excluding hydrogens is 256 g/mol. The van der Waals surface area contributed by atoms with Crippen LogP contribution in [0.15, 0.2) is 36.4 Å². The summed E-state index contributed by atoms with van der Waals surface area (Å²) in [6.45, 7) is 1.68. The third kappa shape index (κ3) is 3.06. The second-order valence-electron chi connectivity index (χ2n) is 4.76. The summed E-state index contributed by atoms with van der Waals surface area (Å²) in [5.41, 5.74) is 5.25. The smallest absolute Gasteiger partial charge is 0.255 e. The van der Waals surface area contributed by atoms with Gasteiger partial charge in [-0.15, -0.1) is 0 Å². The number of hydrogen-bond acceptors (Lipinski definition) is 3. The Kier molecular flexibility index (Phi) is 3.89. The Morgan fingerprint density at radius 3 is 2.45 bits per heavy atom. The summed E-state index contributed by atoms with van der Waals surface area (Å²) in [6, 6.07) is 10.2. The molecule has 0 aliphatic heterocycles. The summed E-state index contributed by atoms with van der Waals surface area (Å²) in [5, 5.41) is 14.3. The van der Waals surface area contributed by atoms with Gasteiger partial charge in [0.1, 0.15) is 5.75 Å². The van der Waals surface area contributed by atoms with Crippen LogP contribution in [0.5, 0.6) is 5.75 Å². The van der Waals surface area contributed by atoms with Gasteiger partial charge >= 0.3 is 0 Å². The van der Waals surface area contributed by atoms with Gasteiger partial charge in [-0.05, 0) is 29.8 Å². The predicted molar refractivity (Wildman–Crippen MR) is 76.4 cm³/mol. The van der Waals surface area contributed by atoms with E-state index in [1.807, 2.05) is 24.3 Å². The lowest BCUT2D eigenvalue weighted by Gasteiger charge is -2.13. The van der Waals surface area contributed by atoms with Crippen molar-refractivity contribution in [2.75, 3.05) is 0 Å². The molecule has 0 aromatic heterocycles. The average Bonchev–Trinajstić information content (AvgIpc) is 2.36. The minimum atomic E-state index is -0.486. The van der Waals surface area contributed by atoms with E-state index in [2.05, 4.69) is 5.32 Å². The van der Waals surface area contributed by atoms with Crippen molar-refractivity contribution in [1.82, 2.24) is 5.32 Å². The minimum Gasteiger partial charge on any atom is -0.507 e. The average molecular weight is 272 g/mol. The van der Waals surface area contributed by atoms with Crippen molar-refractivity contribution >= 4 is 22.6 Å². The molecule has 5 heteroatoms. The molecule has 5 nitrogen and oxygen atoms in total. The number of carbonyl (C=O) groups is 2. The fourth-order valence-corrected chi connectivity index (χ4v) is 2.06. The predicted octanol–water partition coefficient (Wildman–Crippen LogP) is 1.54. The maximum absolute atomic E-state index is 12.1. The van der Waals surface area contributed by atoms with Crippen LogP contribution in [0.3, 0.4) is 0 Å². The standard InChI is InChI=1S/C15H16N2O3/c1-9(6-14(16)19)17-15(20)12-7-10-4-2-3-5-11(10)8-13(12)18/h2-5,7-9,18H,6H2,1H3,(H2,16,19)(H,17,20). The summed E-state index contributed by atoms with van der Waals surface area (Å²) in [6.07, 6.45) is 0.0556. The maximum Gasteiger partial charge on any atom is 0.255 e. The van der Waals surface area contributed by atoms with Crippen LogP contribution in [-0.2, 0) is 4.79 Å². The van der Waals surface area contributed by atoms with Gasteiger partial charge in [-0.25, -0.2) is 0 Å². The van der Waals surface area contributed by atoms with E-state index in [1.165, 1.54) is 0 Å². The number of hydrogen-bond donors (Lipinski definition) is 3. The number of rotatable bonds is 4. The Morgan fingerprint density at radius 1 is 1.25 bits per heavy atom. The Morgan fingerprint density at radius 2 is 1.85 bits per heavy atom. The molecule has 2 aromatic rings. The van der Waals surface area contributed by atoms with Crippen LogP contribution in [0, 0.1) is 0 Å². The molecule has 4 N–H and O–H groups in total. The highest BCUT2D eigenvalue weighted by Crippen LogP contribution is 2.24. The van der Waals surface area contributed by atoms with Crippen molar-refractivity contribution in [1.29, 1.82) is 0 Å². The number of carbonyl (C=O) groups excluding carboxylic acids is 2. The number of benzene rings is 2. The fraction of sp³-hybridized carbons (Fsp3) is 0.200. The molecule has 104 valence electrons. The molecule has 1 atom stereocenters. The molecule has 0 bridgehead atoms. The van der Waals surface area contributed by atoms with Crippen molar-refractivity contribution in [2.45, 2.75) is 19.4 Å². The molecule has 0 heterocycles. The topological polar surface area (TPSA) is 92.4 Å². The van der Waals surface area contributed by atoms with Crippen molar-refractivity contribution < 1.29 is 14.7 Å². The van der Waals surface area contributed by atoms with Crippen LogP contribution in [-0.4, -0.2) is 23.0 Å². The number of phenols is 1. The largest absolute Gasteiger partial charge is 0.507 e. The third-order valence-corrected chi connectivity index (χ3v) is 2.99. The molecule has 20 heavy (non-hydrogen) atoms. The summed E-state index contributed by atoms with van der Waals surface area (Å²) in [4.78, 5) is 22.9. The van der Waals surface area contributed by atoms with Gasteiger partial charge in [0.15, 0.2) is 0 Å². The second-order valence-corrected chi connectivity index (χ2v) is 4.76. The van der Waals surface area contributed by atoms with Gasteiger partial charge in [-0.2, -0.15) is 0 Å². The van der Waals surface area contributed by atoms with Crippen LogP contribution < -0.4 is 11.1 Å². The van der Waals surface area contributed by atoms with Gasteiger partial charge in [-0.1, -0.05) is 24.3 Å². The zero-order chi connectivity index (χ0) is 14.7. The van der Waals surface area contributed by atoms with Crippen LogP contribution >= 0.6 is 0 Å².